The minimum Gasteiger partial charge on any atom is -0.376 e. The van der Waals surface area contributed by atoms with Crippen LogP contribution in [0.4, 0.5) is 0 Å². The van der Waals surface area contributed by atoms with E-state index < -0.39 is 23.2 Å². The quantitative estimate of drug-likeness (QED) is 0.0934. The van der Waals surface area contributed by atoms with Crippen molar-refractivity contribution in [2.75, 3.05) is 6.61 Å². The van der Waals surface area contributed by atoms with Gasteiger partial charge in [0.05, 0.1) is 38.3 Å². The summed E-state index contributed by atoms with van der Waals surface area (Å²) in [5.41, 5.74) is 8.28. The van der Waals surface area contributed by atoms with Crippen molar-refractivity contribution in [3.05, 3.63) is 214 Å². The minimum absolute atomic E-state index is 0.285. The molecule has 1 fully saturated rings. The first-order valence-electron chi connectivity index (χ1n) is 19.4. The van der Waals surface area contributed by atoms with E-state index in [2.05, 4.69) is 91.9 Å². The molecule has 0 amide bonds. The maximum Gasteiger partial charge on any atom is 0.165 e. The van der Waals surface area contributed by atoms with Crippen LogP contribution in [-0.4, -0.2) is 35.3 Å². The van der Waals surface area contributed by atoms with Crippen LogP contribution in [-0.2, 0) is 56.7 Å². The zero-order chi connectivity index (χ0) is 38.4. The highest BCUT2D eigenvalue weighted by Gasteiger charge is 2.56. The van der Waals surface area contributed by atoms with Crippen molar-refractivity contribution in [3.8, 4) is 0 Å². The van der Waals surface area contributed by atoms with Gasteiger partial charge in [-0.3, -0.25) is 0 Å². The maximum atomic E-state index is 13.3. The number of aliphatic hydroxyl groups is 1. The Balaban J connectivity index is 1.27. The van der Waals surface area contributed by atoms with Gasteiger partial charge in [0.25, 0.3) is 0 Å². The number of hydrogen-bond donors (Lipinski definition) is 1. The molecule has 0 radical (unpaired) electrons. The summed E-state index contributed by atoms with van der Waals surface area (Å²) in [6, 6.07) is 57.2. The van der Waals surface area contributed by atoms with Gasteiger partial charge < -0.3 is 24.1 Å². The molecule has 5 nitrogen and oxygen atoms in total. The summed E-state index contributed by atoms with van der Waals surface area (Å²) in [6.07, 6.45) is 3.23. The van der Waals surface area contributed by atoms with Gasteiger partial charge in [0.15, 0.2) is 4.93 Å². The Morgan fingerprint density at radius 1 is 0.518 bits per heavy atom. The third kappa shape index (κ3) is 10.5. The standard InChI is InChI=1S/C50H50O5S/c1-2-38-26-28-39(29-27-38)30-31-40-24-15-25-45(32-40)50(51)49(55-36-44-22-13-6-14-23-44)48(54-35-43-20-11-5-12-21-43)47(53-34-42-18-9-4-10-19-42)46(56-50)37-52-33-41-16-7-3-8-17-41/h3-32,46-49,51H,2,33-37H2,1H3/b31-30+/t46-,47-,48+,49-,50?/m1/s1. The molecule has 6 heteroatoms. The van der Waals surface area contributed by atoms with Gasteiger partial charge in [-0.1, -0.05) is 183 Å². The van der Waals surface area contributed by atoms with E-state index in [0.29, 0.717) is 26.4 Å². The fourth-order valence-corrected chi connectivity index (χ4v) is 8.60. The lowest BCUT2D eigenvalue weighted by molar-refractivity contribution is -0.199. The number of ether oxygens (including phenoxy) is 4. The van der Waals surface area contributed by atoms with E-state index in [9.17, 15) is 5.11 Å². The second-order valence-electron chi connectivity index (χ2n) is 14.1. The van der Waals surface area contributed by atoms with Crippen LogP contribution >= 0.6 is 11.8 Å². The molecule has 5 atom stereocenters. The highest BCUT2D eigenvalue weighted by molar-refractivity contribution is 8.00. The Labute approximate surface area is 336 Å². The number of hydrogen-bond acceptors (Lipinski definition) is 6. The molecule has 6 aromatic carbocycles. The molecule has 7 rings (SSSR count). The molecular weight excluding hydrogens is 713 g/mol. The second-order valence-corrected chi connectivity index (χ2v) is 15.6. The Kier molecular flexibility index (Phi) is 14.0. The third-order valence-corrected chi connectivity index (χ3v) is 11.6. The first kappa shape index (κ1) is 39.4. The van der Waals surface area contributed by atoms with E-state index in [1.807, 2.05) is 97.1 Å². The Morgan fingerprint density at radius 2 is 1.02 bits per heavy atom. The molecule has 0 spiro atoms. The van der Waals surface area contributed by atoms with Gasteiger partial charge in [-0.15, -0.1) is 11.8 Å². The van der Waals surface area contributed by atoms with Crippen LogP contribution < -0.4 is 0 Å². The summed E-state index contributed by atoms with van der Waals surface area (Å²) >= 11 is 1.44. The van der Waals surface area contributed by atoms with E-state index >= 15 is 0 Å². The molecule has 1 saturated heterocycles. The number of thioether (sulfide) groups is 1. The van der Waals surface area contributed by atoms with Crippen molar-refractivity contribution in [1.82, 2.24) is 0 Å². The van der Waals surface area contributed by atoms with Gasteiger partial charge in [0.2, 0.25) is 0 Å². The van der Waals surface area contributed by atoms with Crippen molar-refractivity contribution in [2.45, 2.75) is 68.3 Å². The highest BCUT2D eigenvalue weighted by atomic mass is 32.2. The van der Waals surface area contributed by atoms with E-state index in [1.165, 1.54) is 17.3 Å². The summed E-state index contributed by atoms with van der Waals surface area (Å²) < 4.78 is 27.2. The summed E-state index contributed by atoms with van der Waals surface area (Å²) in [5.74, 6) is 0. The van der Waals surface area contributed by atoms with Gasteiger partial charge in [0, 0.05) is 0 Å². The minimum atomic E-state index is -1.53. The normalized spacial score (nSPS) is 21.0. The molecular formula is C50H50O5S. The fraction of sp³-hybridized carbons (Fsp3) is 0.240. The second kappa shape index (κ2) is 19.9. The molecule has 1 aliphatic heterocycles. The van der Waals surface area contributed by atoms with Crippen LogP contribution in [0.25, 0.3) is 12.2 Å². The van der Waals surface area contributed by atoms with Crippen molar-refractivity contribution in [1.29, 1.82) is 0 Å². The summed E-state index contributed by atoms with van der Waals surface area (Å²) in [6.45, 7) is 3.90. The van der Waals surface area contributed by atoms with Crippen molar-refractivity contribution in [3.63, 3.8) is 0 Å². The predicted octanol–water partition coefficient (Wildman–Crippen LogP) is 10.7. The van der Waals surface area contributed by atoms with Crippen LogP contribution in [0.2, 0.25) is 0 Å². The van der Waals surface area contributed by atoms with Crippen LogP contribution in [0, 0.1) is 0 Å². The number of benzene rings is 6. The van der Waals surface area contributed by atoms with Crippen LogP contribution in [0.1, 0.15) is 51.4 Å². The van der Waals surface area contributed by atoms with E-state index in [1.54, 1.807) is 0 Å². The van der Waals surface area contributed by atoms with E-state index in [4.69, 9.17) is 18.9 Å². The molecule has 1 aliphatic rings. The van der Waals surface area contributed by atoms with Gasteiger partial charge >= 0.3 is 0 Å². The average Bonchev–Trinajstić information content (AvgIpc) is 3.26. The molecule has 286 valence electrons. The molecule has 56 heavy (non-hydrogen) atoms. The summed E-state index contributed by atoms with van der Waals surface area (Å²) in [4.78, 5) is -1.53. The fourth-order valence-electron chi connectivity index (χ4n) is 7.01. The lowest BCUT2D eigenvalue weighted by atomic mass is 9.92. The Morgan fingerprint density at radius 3 is 1.57 bits per heavy atom. The molecule has 1 N–H and O–H groups in total. The van der Waals surface area contributed by atoms with Crippen molar-refractivity contribution in [2.24, 2.45) is 0 Å². The molecule has 0 aromatic heterocycles. The third-order valence-electron chi connectivity index (χ3n) is 10.1. The number of rotatable bonds is 17. The van der Waals surface area contributed by atoms with Gasteiger partial charge in [0.1, 0.15) is 18.3 Å². The van der Waals surface area contributed by atoms with Crippen LogP contribution in [0.15, 0.2) is 170 Å². The lowest BCUT2D eigenvalue weighted by Gasteiger charge is -2.50. The zero-order valence-electron chi connectivity index (χ0n) is 31.9. The molecule has 0 saturated carbocycles. The first-order valence-corrected chi connectivity index (χ1v) is 20.3. The highest BCUT2D eigenvalue weighted by Crippen LogP contribution is 2.50. The van der Waals surface area contributed by atoms with Crippen LogP contribution in [0.5, 0.6) is 0 Å². The average molecular weight is 763 g/mol. The largest absolute Gasteiger partial charge is 0.376 e. The Hall–Kier alpha value is -4.79. The smallest absolute Gasteiger partial charge is 0.165 e. The molecule has 0 aliphatic carbocycles. The van der Waals surface area contributed by atoms with E-state index in [-0.39, 0.29) is 11.9 Å². The predicted molar refractivity (Wildman–Crippen MR) is 228 cm³/mol. The SMILES string of the molecule is CCc1ccc(/C=C/c2cccc(C3(O)S[C@H](COCc4ccccc4)[C@@H](OCc4ccccc4)[C@H](OCc4ccccc4)[C@H]3OCc3ccccc3)c2)cc1. The maximum absolute atomic E-state index is 13.3. The van der Waals surface area contributed by atoms with Gasteiger partial charge in [-0.2, -0.15) is 0 Å². The Bertz CT molecular complexity index is 2080. The first-order chi connectivity index (χ1) is 27.6. The molecule has 1 heterocycles. The summed E-state index contributed by atoms with van der Waals surface area (Å²) in [5, 5.41) is 13.0. The van der Waals surface area contributed by atoms with E-state index in [0.717, 1.165) is 45.4 Å². The van der Waals surface area contributed by atoms with Crippen molar-refractivity contribution >= 4 is 23.9 Å². The monoisotopic (exact) mass is 762 g/mol. The lowest BCUT2D eigenvalue weighted by Crippen LogP contribution is -2.61. The topological polar surface area (TPSA) is 57.2 Å². The molecule has 0 bridgehead atoms. The van der Waals surface area contributed by atoms with Crippen LogP contribution in [0.3, 0.4) is 0 Å². The molecule has 1 unspecified atom stereocenters. The van der Waals surface area contributed by atoms with Gasteiger partial charge in [-0.25, -0.2) is 0 Å². The van der Waals surface area contributed by atoms with Gasteiger partial charge in [-0.05, 0) is 57.0 Å². The van der Waals surface area contributed by atoms with Crippen molar-refractivity contribution < 1.29 is 24.1 Å². The summed E-state index contributed by atoms with van der Waals surface area (Å²) in [7, 11) is 0. The zero-order valence-corrected chi connectivity index (χ0v) is 32.7. The number of aryl methyl sites for hydroxylation is 1. The molecule has 6 aromatic rings.